The Bertz CT molecular complexity index is 338. The van der Waals surface area contributed by atoms with Gasteiger partial charge in [0, 0.05) is 14.2 Å². The smallest absolute Gasteiger partial charge is 0.177 e. The zero-order chi connectivity index (χ0) is 10.0. The molecule has 0 saturated carbocycles. The van der Waals surface area contributed by atoms with Crippen molar-refractivity contribution in [2.45, 2.75) is 11.8 Å². The first-order chi connectivity index (χ1) is 6.02. The lowest BCUT2D eigenvalue weighted by Crippen LogP contribution is -2.11. The number of hydrogen-bond acceptors (Lipinski definition) is 1. The molecule has 70 valence electrons. The highest BCUT2D eigenvalue weighted by Crippen LogP contribution is 2.20. The summed E-state index contributed by atoms with van der Waals surface area (Å²) in [5.41, 5.74) is 0.717. The monoisotopic (exact) mass is 372 g/mol. The van der Waals surface area contributed by atoms with Gasteiger partial charge >= 0.3 is 0 Å². The summed E-state index contributed by atoms with van der Waals surface area (Å²) in [5.74, 6) is 0.0843. The number of halogens is 3. The van der Waals surface area contributed by atoms with Crippen LogP contribution in [0.1, 0.15) is 17.3 Å². The number of ketones is 1. The van der Waals surface area contributed by atoms with Crippen LogP contribution in [0.15, 0.2) is 18.2 Å². The molecular weight excluding hydrogens is 366 g/mol. The molecule has 13 heavy (non-hydrogen) atoms. The molecule has 0 saturated heterocycles. The fourth-order valence-electron chi connectivity index (χ4n) is 0.904. The van der Waals surface area contributed by atoms with Crippen LogP contribution < -0.4 is 0 Å². The van der Waals surface area contributed by atoms with E-state index in [-0.39, 0.29) is 10.6 Å². The lowest BCUT2D eigenvalue weighted by atomic mass is 10.1. The maximum Gasteiger partial charge on any atom is 0.177 e. The molecule has 0 fully saturated rings. The van der Waals surface area contributed by atoms with Crippen molar-refractivity contribution in [3.8, 4) is 0 Å². The minimum atomic E-state index is -0.151. The third-order valence-corrected chi connectivity index (χ3v) is 3.10. The zero-order valence-electron chi connectivity index (χ0n) is 6.85. The molecule has 1 unspecified atom stereocenters. The zero-order valence-corrected chi connectivity index (χ0v) is 11.4. The van der Waals surface area contributed by atoms with E-state index in [0.717, 1.165) is 9.13 Å². The van der Waals surface area contributed by atoms with E-state index >= 15 is 0 Å². The van der Waals surface area contributed by atoms with Crippen molar-refractivity contribution in [2.24, 2.45) is 0 Å². The molecule has 0 aliphatic carbocycles. The highest BCUT2D eigenvalue weighted by atomic mass is 127. The summed E-state index contributed by atoms with van der Waals surface area (Å²) in [6.07, 6.45) is 0. The third kappa shape index (κ3) is 2.92. The van der Waals surface area contributed by atoms with Crippen LogP contribution in [0.4, 0.5) is 0 Å². The second-order valence-corrected chi connectivity index (χ2v) is 5.58. The summed E-state index contributed by atoms with van der Waals surface area (Å²) in [5, 5.41) is 0.656. The van der Waals surface area contributed by atoms with Gasteiger partial charge in [-0.25, -0.2) is 0 Å². The summed E-state index contributed by atoms with van der Waals surface area (Å²) in [6, 6.07) is 5.27. The van der Waals surface area contributed by atoms with Crippen molar-refractivity contribution < 1.29 is 4.79 Å². The van der Waals surface area contributed by atoms with Crippen molar-refractivity contribution in [2.75, 3.05) is 0 Å². The standard InChI is InChI=1S/C9H7BrClIO/c1-5(10)9(13)7-3-2-6(11)4-8(7)12/h2-5H,1H3. The number of Topliss-reactive ketones (excluding diaryl/α,β-unsaturated/α-hetero) is 1. The molecule has 0 N–H and O–H groups in total. The van der Waals surface area contributed by atoms with E-state index in [4.69, 9.17) is 11.6 Å². The van der Waals surface area contributed by atoms with Gasteiger partial charge in [-0.15, -0.1) is 0 Å². The maximum atomic E-state index is 11.6. The quantitative estimate of drug-likeness (QED) is 0.436. The largest absolute Gasteiger partial charge is 0.293 e. The molecule has 1 aromatic rings. The fourth-order valence-corrected chi connectivity index (χ4v) is 2.29. The molecule has 0 aromatic heterocycles. The number of benzene rings is 1. The Morgan fingerprint density at radius 2 is 2.23 bits per heavy atom. The van der Waals surface area contributed by atoms with Gasteiger partial charge in [0.15, 0.2) is 5.78 Å². The second-order valence-electron chi connectivity index (χ2n) is 2.60. The van der Waals surface area contributed by atoms with Crippen LogP contribution >= 0.6 is 50.1 Å². The van der Waals surface area contributed by atoms with Gasteiger partial charge in [0.25, 0.3) is 0 Å². The topological polar surface area (TPSA) is 17.1 Å². The van der Waals surface area contributed by atoms with Gasteiger partial charge in [0.05, 0.1) is 4.83 Å². The summed E-state index contributed by atoms with van der Waals surface area (Å²) < 4.78 is 0.890. The molecule has 1 rings (SSSR count). The van der Waals surface area contributed by atoms with Gasteiger partial charge in [-0.05, 0) is 47.7 Å². The summed E-state index contributed by atoms with van der Waals surface area (Å²) >= 11 is 11.1. The highest BCUT2D eigenvalue weighted by Gasteiger charge is 2.14. The molecule has 1 nitrogen and oxygen atoms in total. The average molecular weight is 373 g/mol. The molecule has 0 radical (unpaired) electrons. The van der Waals surface area contributed by atoms with E-state index in [1.807, 2.05) is 6.92 Å². The van der Waals surface area contributed by atoms with Crippen LogP contribution in [0.5, 0.6) is 0 Å². The molecule has 0 aliphatic heterocycles. The molecule has 1 atom stereocenters. The maximum absolute atomic E-state index is 11.6. The Kier molecular flexibility index (Phi) is 4.19. The first-order valence-corrected chi connectivity index (χ1v) is 6.03. The number of hydrogen-bond donors (Lipinski definition) is 0. The van der Waals surface area contributed by atoms with Crippen LogP contribution in [0.25, 0.3) is 0 Å². The number of rotatable bonds is 2. The van der Waals surface area contributed by atoms with Crippen molar-refractivity contribution in [3.05, 3.63) is 32.4 Å². The molecular formula is C9H7BrClIO. The van der Waals surface area contributed by atoms with Crippen LogP contribution in [0, 0.1) is 3.57 Å². The summed E-state index contributed by atoms with van der Waals surface area (Å²) in [6.45, 7) is 1.81. The minimum absolute atomic E-state index is 0.0843. The molecule has 0 amide bonds. The molecule has 0 spiro atoms. The van der Waals surface area contributed by atoms with E-state index in [2.05, 4.69) is 38.5 Å². The molecule has 0 heterocycles. The first-order valence-electron chi connectivity index (χ1n) is 3.65. The highest BCUT2D eigenvalue weighted by molar-refractivity contribution is 14.1. The Morgan fingerprint density at radius 3 is 2.69 bits per heavy atom. The number of carbonyl (C=O) groups excluding carboxylic acids is 1. The van der Waals surface area contributed by atoms with Crippen molar-refractivity contribution >= 4 is 55.9 Å². The van der Waals surface area contributed by atoms with Crippen molar-refractivity contribution in [1.82, 2.24) is 0 Å². The number of carbonyl (C=O) groups is 1. The van der Waals surface area contributed by atoms with Crippen LogP contribution in [-0.4, -0.2) is 10.6 Å². The lowest BCUT2D eigenvalue weighted by molar-refractivity contribution is 0.0995. The summed E-state index contributed by atoms with van der Waals surface area (Å²) in [4.78, 5) is 11.4. The van der Waals surface area contributed by atoms with E-state index in [1.54, 1.807) is 18.2 Å². The Labute approximate surface area is 104 Å². The van der Waals surface area contributed by atoms with E-state index < -0.39 is 0 Å². The lowest BCUT2D eigenvalue weighted by Gasteiger charge is -2.05. The Morgan fingerprint density at radius 1 is 1.62 bits per heavy atom. The van der Waals surface area contributed by atoms with Crippen LogP contribution in [-0.2, 0) is 0 Å². The predicted molar refractivity (Wildman–Crippen MR) is 66.9 cm³/mol. The SMILES string of the molecule is CC(Br)C(=O)c1ccc(Cl)cc1I. The van der Waals surface area contributed by atoms with E-state index in [9.17, 15) is 4.79 Å². The van der Waals surface area contributed by atoms with E-state index in [1.165, 1.54) is 0 Å². The second kappa shape index (κ2) is 4.75. The first kappa shape index (κ1) is 11.5. The van der Waals surface area contributed by atoms with Gasteiger partial charge in [-0.3, -0.25) is 4.79 Å². The molecule has 0 bridgehead atoms. The molecule has 4 heteroatoms. The number of alkyl halides is 1. The third-order valence-electron chi connectivity index (χ3n) is 1.56. The van der Waals surface area contributed by atoms with Gasteiger partial charge in [0.1, 0.15) is 0 Å². The average Bonchev–Trinajstić information content (AvgIpc) is 2.03. The molecule has 1 aromatic carbocycles. The van der Waals surface area contributed by atoms with Crippen LogP contribution in [0.3, 0.4) is 0 Å². The van der Waals surface area contributed by atoms with Crippen molar-refractivity contribution in [1.29, 1.82) is 0 Å². The van der Waals surface area contributed by atoms with Crippen LogP contribution in [0.2, 0.25) is 5.02 Å². The fraction of sp³-hybridized carbons (Fsp3) is 0.222. The van der Waals surface area contributed by atoms with Gasteiger partial charge < -0.3 is 0 Å². The van der Waals surface area contributed by atoms with Crippen molar-refractivity contribution in [3.63, 3.8) is 0 Å². The predicted octanol–water partition coefficient (Wildman–Crippen LogP) is 3.91. The van der Waals surface area contributed by atoms with Gasteiger partial charge in [-0.2, -0.15) is 0 Å². The Balaban J connectivity index is 3.09. The normalized spacial score (nSPS) is 12.6. The van der Waals surface area contributed by atoms with E-state index in [0.29, 0.717) is 5.02 Å². The molecule has 0 aliphatic rings. The van der Waals surface area contributed by atoms with Gasteiger partial charge in [-0.1, -0.05) is 27.5 Å². The Hall–Kier alpha value is 0.390. The minimum Gasteiger partial charge on any atom is -0.293 e. The summed E-state index contributed by atoms with van der Waals surface area (Å²) in [7, 11) is 0. The van der Waals surface area contributed by atoms with Gasteiger partial charge in [0.2, 0.25) is 0 Å².